The van der Waals surface area contributed by atoms with Gasteiger partial charge < -0.3 is 9.26 Å². The minimum Gasteiger partial charge on any atom is -0.465 e. The maximum absolute atomic E-state index is 11.9. The Morgan fingerprint density at radius 3 is 2.80 bits per heavy atom. The third-order valence-electron chi connectivity index (χ3n) is 2.94. The fraction of sp³-hybridized carbons (Fsp3) is 0.615. The zero-order valence-electron chi connectivity index (χ0n) is 11.7. The lowest BCUT2D eigenvalue weighted by Gasteiger charge is -2.19. The Balaban J connectivity index is 1.84. The highest BCUT2D eigenvalue weighted by atomic mass is 16.5. The average Bonchev–Trinajstić information content (AvgIpc) is 3.14. The van der Waals surface area contributed by atoms with Crippen molar-refractivity contribution in [2.45, 2.75) is 32.7 Å². The van der Waals surface area contributed by atoms with Gasteiger partial charge >= 0.3 is 5.97 Å². The third-order valence-corrected chi connectivity index (χ3v) is 2.94. The molecule has 0 unspecified atom stereocenters. The van der Waals surface area contributed by atoms with E-state index in [1.54, 1.807) is 19.9 Å². The molecule has 7 nitrogen and oxygen atoms in total. The molecule has 0 atom stereocenters. The first-order valence-electron chi connectivity index (χ1n) is 6.71. The molecule has 1 amide bonds. The molecule has 1 aliphatic carbocycles. The van der Waals surface area contributed by atoms with Gasteiger partial charge in [0.05, 0.1) is 25.4 Å². The summed E-state index contributed by atoms with van der Waals surface area (Å²) in [6.45, 7) is 4.17. The number of nitrogens with zero attached hydrogens (tertiary/aromatic N) is 2. The van der Waals surface area contributed by atoms with Crippen molar-refractivity contribution in [3.63, 3.8) is 0 Å². The number of nitrogens with one attached hydrogen (secondary N) is 1. The van der Waals surface area contributed by atoms with Crippen molar-refractivity contribution < 1.29 is 18.8 Å². The molecule has 0 radical (unpaired) electrons. The van der Waals surface area contributed by atoms with Gasteiger partial charge in [0.1, 0.15) is 0 Å². The van der Waals surface area contributed by atoms with Gasteiger partial charge in [-0.1, -0.05) is 5.16 Å². The second kappa shape index (κ2) is 6.51. The van der Waals surface area contributed by atoms with Crippen LogP contribution in [0, 0.1) is 6.92 Å². The fourth-order valence-corrected chi connectivity index (χ4v) is 1.91. The third kappa shape index (κ3) is 4.34. The van der Waals surface area contributed by atoms with E-state index in [2.05, 4.69) is 10.5 Å². The van der Waals surface area contributed by atoms with E-state index in [1.807, 2.05) is 4.90 Å². The Kier molecular flexibility index (Phi) is 4.73. The number of esters is 1. The van der Waals surface area contributed by atoms with Gasteiger partial charge in [0.2, 0.25) is 11.8 Å². The van der Waals surface area contributed by atoms with E-state index < -0.39 is 0 Å². The fourth-order valence-electron chi connectivity index (χ4n) is 1.91. The van der Waals surface area contributed by atoms with Gasteiger partial charge in [-0.2, -0.15) is 0 Å². The smallest absolute Gasteiger partial charge is 0.320 e. The van der Waals surface area contributed by atoms with Gasteiger partial charge in [-0.05, 0) is 26.7 Å². The molecule has 110 valence electrons. The zero-order valence-corrected chi connectivity index (χ0v) is 11.7. The SMILES string of the molecule is CCOC(=O)CN(CC(=O)Nc1cc(C)no1)C1CC1. The van der Waals surface area contributed by atoms with E-state index >= 15 is 0 Å². The van der Waals surface area contributed by atoms with Crippen LogP contribution in [-0.2, 0) is 14.3 Å². The Morgan fingerprint density at radius 1 is 1.50 bits per heavy atom. The molecule has 1 N–H and O–H groups in total. The van der Waals surface area contributed by atoms with Gasteiger partial charge in [0, 0.05) is 12.1 Å². The van der Waals surface area contributed by atoms with Crippen molar-refractivity contribution >= 4 is 17.8 Å². The van der Waals surface area contributed by atoms with Crippen LogP contribution in [0.4, 0.5) is 5.88 Å². The standard InChI is InChI=1S/C13H19N3O4/c1-3-19-13(18)8-16(10-4-5-10)7-11(17)14-12-6-9(2)15-20-12/h6,10H,3-5,7-8H2,1-2H3,(H,14,17). The predicted molar refractivity (Wildman–Crippen MR) is 71.1 cm³/mol. The van der Waals surface area contributed by atoms with E-state index in [0.717, 1.165) is 12.8 Å². The molecule has 1 fully saturated rings. The molecule has 1 saturated carbocycles. The molecular formula is C13H19N3O4. The number of hydrogen-bond donors (Lipinski definition) is 1. The lowest BCUT2D eigenvalue weighted by atomic mass is 10.4. The van der Waals surface area contributed by atoms with Crippen molar-refractivity contribution in [1.82, 2.24) is 10.1 Å². The molecule has 7 heteroatoms. The topological polar surface area (TPSA) is 84.7 Å². The van der Waals surface area contributed by atoms with E-state index in [-0.39, 0.29) is 25.0 Å². The van der Waals surface area contributed by atoms with Gasteiger partial charge in [-0.15, -0.1) is 0 Å². The van der Waals surface area contributed by atoms with Crippen molar-refractivity contribution in [2.24, 2.45) is 0 Å². The minimum atomic E-state index is -0.303. The monoisotopic (exact) mass is 281 g/mol. The maximum atomic E-state index is 11.9. The van der Waals surface area contributed by atoms with Crippen LogP contribution in [0.1, 0.15) is 25.5 Å². The Bertz CT molecular complexity index is 482. The van der Waals surface area contributed by atoms with Crippen molar-refractivity contribution in [2.75, 3.05) is 25.0 Å². The van der Waals surface area contributed by atoms with E-state index in [1.165, 1.54) is 0 Å². The summed E-state index contributed by atoms with van der Waals surface area (Å²) in [5.74, 6) is -0.209. The highest BCUT2D eigenvalue weighted by Gasteiger charge is 2.32. The van der Waals surface area contributed by atoms with Crippen LogP contribution in [0.3, 0.4) is 0 Å². The Labute approximate surface area is 117 Å². The molecule has 0 aliphatic heterocycles. The largest absolute Gasteiger partial charge is 0.465 e. The van der Waals surface area contributed by atoms with Gasteiger partial charge in [0.25, 0.3) is 0 Å². The Morgan fingerprint density at radius 2 is 2.25 bits per heavy atom. The summed E-state index contributed by atoms with van der Waals surface area (Å²) in [4.78, 5) is 25.2. The molecule has 1 aromatic heterocycles. The number of carbonyl (C=O) groups excluding carboxylic acids is 2. The first kappa shape index (κ1) is 14.5. The first-order valence-corrected chi connectivity index (χ1v) is 6.71. The summed E-state index contributed by atoms with van der Waals surface area (Å²) in [7, 11) is 0. The van der Waals surface area contributed by atoms with Gasteiger partial charge in [-0.25, -0.2) is 0 Å². The summed E-state index contributed by atoms with van der Waals surface area (Å²) in [5, 5.41) is 6.31. The normalized spacial score (nSPS) is 14.3. The average molecular weight is 281 g/mol. The van der Waals surface area contributed by atoms with Crippen LogP contribution >= 0.6 is 0 Å². The van der Waals surface area contributed by atoms with Crippen LogP contribution in [0.2, 0.25) is 0 Å². The molecule has 0 spiro atoms. The molecule has 0 saturated heterocycles. The number of rotatable bonds is 7. The molecule has 1 heterocycles. The predicted octanol–water partition coefficient (Wildman–Crippen LogP) is 0.949. The molecular weight excluding hydrogens is 262 g/mol. The summed E-state index contributed by atoms with van der Waals surface area (Å²) >= 11 is 0. The van der Waals surface area contributed by atoms with E-state index in [4.69, 9.17) is 9.26 Å². The van der Waals surface area contributed by atoms with E-state index in [9.17, 15) is 9.59 Å². The molecule has 0 bridgehead atoms. The number of aryl methyl sites for hydroxylation is 1. The number of amides is 1. The zero-order chi connectivity index (χ0) is 14.5. The van der Waals surface area contributed by atoms with Gasteiger partial charge in [-0.3, -0.25) is 19.8 Å². The summed E-state index contributed by atoms with van der Waals surface area (Å²) in [5.41, 5.74) is 0.700. The summed E-state index contributed by atoms with van der Waals surface area (Å²) in [6, 6.07) is 1.94. The van der Waals surface area contributed by atoms with Crippen LogP contribution < -0.4 is 5.32 Å². The van der Waals surface area contributed by atoms with Gasteiger partial charge in [0.15, 0.2) is 0 Å². The van der Waals surface area contributed by atoms with Crippen LogP contribution in [0.5, 0.6) is 0 Å². The quantitative estimate of drug-likeness (QED) is 0.749. The molecule has 0 aromatic carbocycles. The second-order valence-electron chi connectivity index (χ2n) is 4.82. The molecule has 20 heavy (non-hydrogen) atoms. The number of anilines is 1. The van der Waals surface area contributed by atoms with Crippen molar-refractivity contribution in [3.8, 4) is 0 Å². The maximum Gasteiger partial charge on any atom is 0.320 e. The summed E-state index contributed by atoms with van der Waals surface area (Å²) in [6.07, 6.45) is 2.02. The number of ether oxygens (including phenoxy) is 1. The number of carbonyl (C=O) groups is 2. The minimum absolute atomic E-state index is 0.140. The van der Waals surface area contributed by atoms with Crippen LogP contribution in [0.15, 0.2) is 10.6 Å². The van der Waals surface area contributed by atoms with Crippen LogP contribution in [-0.4, -0.2) is 47.7 Å². The second-order valence-corrected chi connectivity index (χ2v) is 4.82. The molecule has 1 aliphatic rings. The molecule has 1 aromatic rings. The Hall–Kier alpha value is -1.89. The lowest BCUT2D eigenvalue weighted by molar-refractivity contribution is -0.144. The molecule has 2 rings (SSSR count). The first-order chi connectivity index (χ1) is 9.58. The number of aromatic nitrogens is 1. The lowest BCUT2D eigenvalue weighted by Crippen LogP contribution is -2.39. The highest BCUT2D eigenvalue weighted by Crippen LogP contribution is 2.26. The summed E-state index contributed by atoms with van der Waals surface area (Å²) < 4.78 is 9.83. The van der Waals surface area contributed by atoms with Crippen molar-refractivity contribution in [1.29, 1.82) is 0 Å². The van der Waals surface area contributed by atoms with E-state index in [0.29, 0.717) is 24.2 Å². The van der Waals surface area contributed by atoms with Crippen molar-refractivity contribution in [3.05, 3.63) is 11.8 Å². The number of hydrogen-bond acceptors (Lipinski definition) is 6. The highest BCUT2D eigenvalue weighted by molar-refractivity contribution is 5.91. The van der Waals surface area contributed by atoms with Crippen LogP contribution in [0.25, 0.3) is 0 Å².